The zero-order chi connectivity index (χ0) is 9.52. The van der Waals surface area contributed by atoms with Gasteiger partial charge in [0.05, 0.1) is 5.56 Å². The summed E-state index contributed by atoms with van der Waals surface area (Å²) in [4.78, 5) is 1.20. The van der Waals surface area contributed by atoms with Crippen LogP contribution in [0.15, 0.2) is 11.4 Å². The maximum absolute atomic E-state index is 8.58. The Morgan fingerprint density at radius 2 is 2.46 bits per heavy atom. The molecule has 0 saturated carbocycles. The molecule has 1 heterocycles. The van der Waals surface area contributed by atoms with Gasteiger partial charge < -0.3 is 11.1 Å². The highest BCUT2D eigenvalue weighted by molar-refractivity contribution is 7.10. The Bertz CT molecular complexity index is 287. The second kappa shape index (κ2) is 5.70. The third-order valence-electron chi connectivity index (χ3n) is 1.64. The molecule has 0 atom stereocenters. The van der Waals surface area contributed by atoms with Gasteiger partial charge >= 0.3 is 0 Å². The van der Waals surface area contributed by atoms with Gasteiger partial charge in [-0.1, -0.05) is 0 Å². The van der Waals surface area contributed by atoms with Gasteiger partial charge in [-0.05, 0) is 25.6 Å². The van der Waals surface area contributed by atoms with Crippen LogP contribution in [0.4, 0.5) is 0 Å². The quantitative estimate of drug-likeness (QED) is 0.690. The molecule has 1 aromatic rings. The average Bonchev–Trinajstić information content (AvgIpc) is 2.60. The van der Waals surface area contributed by atoms with Crippen LogP contribution in [0, 0.1) is 11.3 Å². The highest BCUT2D eigenvalue weighted by Gasteiger charge is 1.97. The summed E-state index contributed by atoms with van der Waals surface area (Å²) in [5, 5.41) is 13.7. The lowest BCUT2D eigenvalue weighted by Crippen LogP contribution is -2.17. The summed E-state index contributed by atoms with van der Waals surface area (Å²) in [5.74, 6) is 0. The summed E-state index contributed by atoms with van der Waals surface area (Å²) < 4.78 is 0. The molecule has 0 radical (unpaired) electrons. The number of nitrogens with one attached hydrogen (secondary N) is 1. The van der Waals surface area contributed by atoms with Gasteiger partial charge in [-0.2, -0.15) is 5.26 Å². The van der Waals surface area contributed by atoms with Gasteiger partial charge in [-0.3, -0.25) is 0 Å². The summed E-state index contributed by atoms with van der Waals surface area (Å²) in [6.07, 6.45) is 0.997. The Hall–Kier alpha value is -0.890. The predicted molar refractivity (Wildman–Crippen MR) is 54.4 cm³/mol. The van der Waals surface area contributed by atoms with Crippen molar-refractivity contribution in [2.24, 2.45) is 5.73 Å². The molecule has 0 fully saturated rings. The second-order valence-corrected chi connectivity index (χ2v) is 3.73. The van der Waals surface area contributed by atoms with E-state index in [1.54, 1.807) is 11.3 Å². The monoisotopic (exact) mass is 195 g/mol. The fourth-order valence-electron chi connectivity index (χ4n) is 0.971. The van der Waals surface area contributed by atoms with Gasteiger partial charge in [-0.25, -0.2) is 0 Å². The summed E-state index contributed by atoms with van der Waals surface area (Å²) >= 11 is 1.62. The van der Waals surface area contributed by atoms with E-state index in [1.165, 1.54) is 4.88 Å². The van der Waals surface area contributed by atoms with Crippen LogP contribution in [0.25, 0.3) is 0 Å². The third kappa shape index (κ3) is 3.55. The van der Waals surface area contributed by atoms with Crippen LogP contribution in [-0.4, -0.2) is 13.1 Å². The SMILES string of the molecule is N#Cc1csc(CNCCCN)c1. The maximum atomic E-state index is 8.58. The summed E-state index contributed by atoms with van der Waals surface area (Å²) in [6, 6.07) is 4.03. The van der Waals surface area contributed by atoms with E-state index in [0.717, 1.165) is 31.6 Å². The smallest absolute Gasteiger partial charge is 0.100 e. The van der Waals surface area contributed by atoms with Crippen molar-refractivity contribution in [3.8, 4) is 6.07 Å². The van der Waals surface area contributed by atoms with E-state index in [4.69, 9.17) is 11.0 Å². The lowest BCUT2D eigenvalue weighted by Gasteiger charge is -1.99. The zero-order valence-electron chi connectivity index (χ0n) is 7.42. The standard InChI is InChI=1S/C9H13N3S/c10-2-1-3-12-6-9-4-8(5-11)7-13-9/h4,7,12H,1-3,6,10H2. The van der Waals surface area contributed by atoms with E-state index < -0.39 is 0 Å². The van der Waals surface area contributed by atoms with Crippen LogP contribution in [0.3, 0.4) is 0 Å². The normalized spacial score (nSPS) is 9.85. The average molecular weight is 195 g/mol. The lowest BCUT2D eigenvalue weighted by molar-refractivity contribution is 0.660. The van der Waals surface area contributed by atoms with Crippen LogP contribution in [0.5, 0.6) is 0 Å². The van der Waals surface area contributed by atoms with E-state index in [9.17, 15) is 0 Å². The van der Waals surface area contributed by atoms with E-state index >= 15 is 0 Å². The van der Waals surface area contributed by atoms with Gasteiger partial charge in [0.25, 0.3) is 0 Å². The molecule has 0 saturated heterocycles. The van der Waals surface area contributed by atoms with Crippen LogP contribution < -0.4 is 11.1 Å². The topological polar surface area (TPSA) is 61.8 Å². The molecular formula is C9H13N3S. The largest absolute Gasteiger partial charge is 0.330 e. The third-order valence-corrected chi connectivity index (χ3v) is 2.58. The Kier molecular flexibility index (Phi) is 4.47. The summed E-state index contributed by atoms with van der Waals surface area (Å²) in [5.41, 5.74) is 6.10. The number of hydrogen-bond acceptors (Lipinski definition) is 4. The maximum Gasteiger partial charge on any atom is 0.100 e. The number of nitriles is 1. The fraction of sp³-hybridized carbons (Fsp3) is 0.444. The molecule has 0 aromatic carbocycles. The summed E-state index contributed by atoms with van der Waals surface area (Å²) in [6.45, 7) is 2.50. The first kappa shape index (κ1) is 10.2. The molecule has 0 aliphatic heterocycles. The van der Waals surface area contributed by atoms with Gasteiger partial charge in [0, 0.05) is 16.8 Å². The molecule has 4 heteroatoms. The molecular weight excluding hydrogens is 182 g/mol. The molecule has 1 rings (SSSR count). The Balaban J connectivity index is 2.25. The first-order valence-electron chi connectivity index (χ1n) is 4.25. The van der Waals surface area contributed by atoms with Crippen molar-refractivity contribution >= 4 is 11.3 Å². The first-order chi connectivity index (χ1) is 6.36. The van der Waals surface area contributed by atoms with Crippen molar-refractivity contribution in [3.63, 3.8) is 0 Å². The lowest BCUT2D eigenvalue weighted by atomic mass is 10.3. The van der Waals surface area contributed by atoms with Crippen molar-refractivity contribution in [2.75, 3.05) is 13.1 Å². The highest BCUT2D eigenvalue weighted by atomic mass is 32.1. The minimum Gasteiger partial charge on any atom is -0.330 e. The van der Waals surface area contributed by atoms with Crippen molar-refractivity contribution in [1.82, 2.24) is 5.32 Å². The molecule has 0 spiro atoms. The van der Waals surface area contributed by atoms with Crippen molar-refractivity contribution < 1.29 is 0 Å². The van der Waals surface area contributed by atoms with Crippen molar-refractivity contribution in [1.29, 1.82) is 5.26 Å². The Morgan fingerprint density at radius 3 is 3.08 bits per heavy atom. The molecule has 0 amide bonds. The van der Waals surface area contributed by atoms with Crippen LogP contribution >= 0.6 is 11.3 Å². The first-order valence-corrected chi connectivity index (χ1v) is 5.13. The Morgan fingerprint density at radius 1 is 1.62 bits per heavy atom. The van der Waals surface area contributed by atoms with Crippen molar-refractivity contribution in [3.05, 3.63) is 21.9 Å². The molecule has 3 N–H and O–H groups in total. The molecule has 0 unspecified atom stereocenters. The second-order valence-electron chi connectivity index (χ2n) is 2.73. The number of thiophene rings is 1. The molecule has 1 aromatic heterocycles. The molecule has 3 nitrogen and oxygen atoms in total. The minimum absolute atomic E-state index is 0.723. The molecule has 0 aliphatic rings. The predicted octanol–water partition coefficient (Wildman–Crippen LogP) is 1.06. The number of rotatable bonds is 5. The molecule has 0 aliphatic carbocycles. The Labute approximate surface area is 82.2 Å². The molecule has 70 valence electrons. The van der Waals surface area contributed by atoms with E-state index in [1.807, 2.05) is 11.4 Å². The van der Waals surface area contributed by atoms with E-state index in [2.05, 4.69) is 11.4 Å². The number of nitrogens with zero attached hydrogens (tertiary/aromatic N) is 1. The van der Waals surface area contributed by atoms with E-state index in [-0.39, 0.29) is 0 Å². The summed E-state index contributed by atoms with van der Waals surface area (Å²) in [7, 11) is 0. The molecule has 0 bridgehead atoms. The number of nitrogens with two attached hydrogens (primary N) is 1. The van der Waals surface area contributed by atoms with Crippen LogP contribution in [-0.2, 0) is 6.54 Å². The van der Waals surface area contributed by atoms with Crippen molar-refractivity contribution in [2.45, 2.75) is 13.0 Å². The molecule has 13 heavy (non-hydrogen) atoms. The van der Waals surface area contributed by atoms with Gasteiger partial charge in [0.15, 0.2) is 0 Å². The van der Waals surface area contributed by atoms with Crippen LogP contribution in [0.1, 0.15) is 16.9 Å². The number of hydrogen-bond donors (Lipinski definition) is 2. The van der Waals surface area contributed by atoms with E-state index in [0.29, 0.717) is 0 Å². The van der Waals surface area contributed by atoms with Gasteiger partial charge in [0.1, 0.15) is 6.07 Å². The zero-order valence-corrected chi connectivity index (χ0v) is 8.23. The fourth-order valence-corrected chi connectivity index (χ4v) is 1.75. The van der Waals surface area contributed by atoms with Gasteiger partial charge in [0.2, 0.25) is 0 Å². The van der Waals surface area contributed by atoms with Gasteiger partial charge in [-0.15, -0.1) is 11.3 Å². The van der Waals surface area contributed by atoms with Crippen LogP contribution in [0.2, 0.25) is 0 Å². The minimum atomic E-state index is 0.723. The highest BCUT2D eigenvalue weighted by Crippen LogP contribution is 2.12.